The quantitative estimate of drug-likeness (QED) is 0.627. The maximum atomic E-state index is 13.1. The van der Waals surface area contributed by atoms with Crippen LogP contribution < -0.4 is 5.32 Å². The first-order valence-electron chi connectivity index (χ1n) is 6.77. The van der Waals surface area contributed by atoms with Gasteiger partial charge in [0, 0.05) is 17.7 Å². The number of benzene rings is 1. The molecule has 1 aromatic carbocycles. The number of ether oxygens (including phenoxy) is 1. The minimum Gasteiger partial charge on any atom is -0.469 e. The van der Waals surface area contributed by atoms with Crippen LogP contribution in [0, 0.1) is 0 Å². The Hall–Kier alpha value is -2.41. The average Bonchev–Trinajstić information content (AvgIpc) is 3.05. The van der Waals surface area contributed by atoms with Gasteiger partial charge in [0.15, 0.2) is 0 Å². The van der Waals surface area contributed by atoms with Crippen molar-refractivity contribution < 1.29 is 27.6 Å². The number of nitrogens with one attached hydrogen (secondary N) is 1. The Morgan fingerprint density at radius 2 is 2.17 bits per heavy atom. The van der Waals surface area contributed by atoms with Crippen LogP contribution in [-0.4, -0.2) is 35.7 Å². The summed E-state index contributed by atoms with van der Waals surface area (Å²) in [4.78, 5) is 26.6. The molecule has 0 saturated heterocycles. The van der Waals surface area contributed by atoms with Gasteiger partial charge in [-0.2, -0.15) is 13.8 Å². The van der Waals surface area contributed by atoms with Crippen molar-refractivity contribution in [3.05, 3.63) is 35.7 Å². The van der Waals surface area contributed by atoms with Gasteiger partial charge >= 0.3 is 17.5 Å². The molecule has 0 bridgehead atoms. The zero-order valence-electron chi connectivity index (χ0n) is 12.6. The highest BCUT2D eigenvalue weighted by Crippen LogP contribution is 2.34. The summed E-state index contributed by atoms with van der Waals surface area (Å²) >= 11 is 0. The summed E-state index contributed by atoms with van der Waals surface area (Å²) in [6.45, 7) is 0.112. The minimum absolute atomic E-state index is 0.0411. The molecule has 0 aliphatic carbocycles. The van der Waals surface area contributed by atoms with Crippen LogP contribution in [0.1, 0.15) is 22.7 Å². The van der Waals surface area contributed by atoms with E-state index in [0.29, 0.717) is 5.56 Å². The zero-order valence-corrected chi connectivity index (χ0v) is 13.7. The monoisotopic (exact) mass is 357 g/mol. The summed E-state index contributed by atoms with van der Waals surface area (Å²) in [5, 5.41) is 6.02. The molecule has 0 fully saturated rings. The molecule has 0 aliphatic rings. The van der Waals surface area contributed by atoms with Crippen molar-refractivity contribution in [3.63, 3.8) is 0 Å². The van der Waals surface area contributed by atoms with E-state index in [-0.39, 0.29) is 24.4 Å². The van der Waals surface area contributed by atoms with E-state index in [1.54, 1.807) is 12.1 Å². The summed E-state index contributed by atoms with van der Waals surface area (Å²) in [5.41, 5.74) is -2.71. The van der Waals surface area contributed by atoms with Gasteiger partial charge in [0.25, 0.3) is 5.91 Å². The Morgan fingerprint density at radius 1 is 1.42 bits per heavy atom. The van der Waals surface area contributed by atoms with Gasteiger partial charge < -0.3 is 14.6 Å². The predicted molar refractivity (Wildman–Crippen MR) is 82.3 cm³/mol. The van der Waals surface area contributed by atoms with Crippen molar-refractivity contribution in [2.24, 2.45) is 0 Å². The minimum atomic E-state index is -3.33. The first-order valence-corrected chi connectivity index (χ1v) is 7.35. The summed E-state index contributed by atoms with van der Waals surface area (Å²) < 4.78 is 35.1. The second-order valence-corrected chi connectivity index (χ2v) is 5.43. The molecule has 0 radical (unpaired) electrons. The fourth-order valence-electron chi connectivity index (χ4n) is 1.76. The molecule has 1 unspecified atom stereocenters. The lowest BCUT2D eigenvalue weighted by molar-refractivity contribution is -0.140. The molecule has 10 heteroatoms. The Balaban J connectivity index is 2.10. The fraction of sp³-hybridized carbons (Fsp3) is 0.286. The Morgan fingerprint density at radius 3 is 2.79 bits per heavy atom. The maximum absolute atomic E-state index is 13.1. The lowest BCUT2D eigenvalue weighted by atomic mass is 10.1. The van der Waals surface area contributed by atoms with E-state index in [1.165, 1.54) is 28.5 Å². The molecule has 2 rings (SSSR count). The van der Waals surface area contributed by atoms with Crippen LogP contribution in [0.2, 0.25) is 0 Å². The largest absolute Gasteiger partial charge is 0.469 e. The van der Waals surface area contributed by atoms with Gasteiger partial charge in [-0.25, -0.2) is 0 Å². The van der Waals surface area contributed by atoms with Crippen molar-refractivity contribution in [1.82, 2.24) is 15.5 Å². The normalized spacial score (nSPS) is 11.2. The lowest BCUT2D eigenvalue weighted by Gasteiger charge is -2.05. The third kappa shape index (κ3) is 4.55. The van der Waals surface area contributed by atoms with Crippen LogP contribution in [0.4, 0.5) is 8.78 Å². The van der Waals surface area contributed by atoms with Crippen LogP contribution in [0.3, 0.4) is 0 Å². The van der Waals surface area contributed by atoms with Gasteiger partial charge in [-0.3, -0.25) is 9.59 Å². The molecule has 0 saturated carbocycles. The van der Waals surface area contributed by atoms with Crippen molar-refractivity contribution in [3.8, 4) is 11.4 Å². The van der Waals surface area contributed by atoms with Gasteiger partial charge in [-0.1, -0.05) is 26.5 Å². The molecule has 2 aromatic rings. The molecular formula is C14H14F2N3O4P. The van der Waals surface area contributed by atoms with Crippen LogP contribution >= 0.6 is 9.24 Å². The molecule has 0 spiro atoms. The summed E-state index contributed by atoms with van der Waals surface area (Å²) in [6.07, 6.45) is 0.0411. The molecule has 1 heterocycles. The third-order valence-electron chi connectivity index (χ3n) is 2.94. The first kappa shape index (κ1) is 17.9. The highest BCUT2D eigenvalue weighted by molar-refractivity contribution is 7.17. The molecule has 24 heavy (non-hydrogen) atoms. The predicted octanol–water partition coefficient (Wildman–Crippen LogP) is 1.95. The number of amides is 1. The van der Waals surface area contributed by atoms with Gasteiger partial charge in [0.05, 0.1) is 13.5 Å². The number of hydrogen-bond donors (Lipinski definition) is 1. The van der Waals surface area contributed by atoms with Crippen LogP contribution in [0.15, 0.2) is 28.8 Å². The first-order chi connectivity index (χ1) is 11.3. The topological polar surface area (TPSA) is 94.3 Å². The van der Waals surface area contributed by atoms with Crippen LogP contribution in [0.25, 0.3) is 11.4 Å². The van der Waals surface area contributed by atoms with Gasteiger partial charge in [-0.15, -0.1) is 0 Å². The summed E-state index contributed by atoms with van der Waals surface area (Å²) in [5.74, 6) is -1.77. The molecule has 128 valence electrons. The molecule has 1 amide bonds. The smallest absolute Gasteiger partial charge is 0.335 e. The SMILES string of the molecule is COC(=O)CCNC(=O)c1cccc(-c2noc(C(F)(F)P)n2)c1. The second kappa shape index (κ2) is 7.44. The summed E-state index contributed by atoms with van der Waals surface area (Å²) in [6, 6.07) is 6.07. The number of rotatable bonds is 6. The molecule has 7 nitrogen and oxygen atoms in total. The van der Waals surface area contributed by atoms with Crippen LogP contribution in [-0.2, 0) is 15.2 Å². The molecule has 1 aromatic heterocycles. The van der Waals surface area contributed by atoms with E-state index in [0.717, 1.165) is 0 Å². The number of aromatic nitrogens is 2. The Kier molecular flexibility index (Phi) is 5.56. The van der Waals surface area contributed by atoms with Crippen molar-refractivity contribution in [2.75, 3.05) is 13.7 Å². The molecule has 0 aliphatic heterocycles. The zero-order chi connectivity index (χ0) is 17.7. The lowest BCUT2D eigenvalue weighted by Crippen LogP contribution is -2.26. The van der Waals surface area contributed by atoms with E-state index in [4.69, 9.17) is 0 Å². The van der Waals surface area contributed by atoms with Gasteiger partial charge in [-0.05, 0) is 12.1 Å². The van der Waals surface area contributed by atoms with Crippen molar-refractivity contribution >= 4 is 21.1 Å². The maximum Gasteiger partial charge on any atom is 0.335 e. The number of carbonyl (C=O) groups is 2. The second-order valence-electron chi connectivity index (χ2n) is 4.71. The van der Waals surface area contributed by atoms with E-state index < -0.39 is 23.4 Å². The number of nitrogens with zero attached hydrogens (tertiary/aromatic N) is 2. The summed E-state index contributed by atoms with van der Waals surface area (Å²) in [7, 11) is 2.56. The fourth-order valence-corrected chi connectivity index (χ4v) is 1.88. The Labute approximate surface area is 138 Å². The van der Waals surface area contributed by atoms with E-state index in [9.17, 15) is 18.4 Å². The van der Waals surface area contributed by atoms with Gasteiger partial charge in [0.2, 0.25) is 5.82 Å². The molecular weight excluding hydrogens is 343 g/mol. The number of halogens is 2. The van der Waals surface area contributed by atoms with Crippen molar-refractivity contribution in [2.45, 2.75) is 12.1 Å². The Bertz CT molecular complexity index is 746. The molecule has 1 N–H and O–H groups in total. The van der Waals surface area contributed by atoms with E-state index >= 15 is 0 Å². The van der Waals surface area contributed by atoms with E-state index in [1.807, 2.05) is 0 Å². The number of carbonyl (C=O) groups excluding carboxylic acids is 2. The number of alkyl halides is 2. The highest BCUT2D eigenvalue weighted by Gasteiger charge is 2.32. The third-order valence-corrected chi connectivity index (χ3v) is 3.18. The van der Waals surface area contributed by atoms with Gasteiger partial charge in [0.1, 0.15) is 0 Å². The van der Waals surface area contributed by atoms with Crippen LogP contribution in [0.5, 0.6) is 0 Å². The highest BCUT2D eigenvalue weighted by atomic mass is 31.0. The average molecular weight is 357 g/mol. The van der Waals surface area contributed by atoms with Crippen molar-refractivity contribution in [1.29, 1.82) is 0 Å². The standard InChI is InChI=1S/C14H14F2N3O4P/c1-22-10(20)5-6-17-12(21)9-4-2-3-8(7-9)11-18-13(23-19-11)14(15,16)24/h2-4,7H,5-6,24H2,1H3,(H,17,21). The van der Waals surface area contributed by atoms with E-state index in [2.05, 4.69) is 24.7 Å². The number of hydrogen-bond acceptors (Lipinski definition) is 6. The molecule has 1 atom stereocenters. The number of methoxy groups -OCH3 is 1. The number of esters is 1.